The third kappa shape index (κ3) is 9.29. The van der Waals surface area contributed by atoms with Crippen LogP contribution in [0.1, 0.15) is 13.8 Å². The molecule has 0 fully saturated rings. The fourth-order valence-corrected chi connectivity index (χ4v) is 2.91. The Hall–Kier alpha value is -3.45. The van der Waals surface area contributed by atoms with E-state index >= 15 is 0 Å². The van der Waals surface area contributed by atoms with Crippen LogP contribution < -0.4 is 4.98 Å². The van der Waals surface area contributed by atoms with Gasteiger partial charge in [0.2, 0.25) is 0 Å². The molecular weight excluding hydrogens is 593 g/mol. The molecule has 170 valence electrons. The molecule has 4 rings (SSSR count). The minimum absolute atomic E-state index is 0. The van der Waals surface area contributed by atoms with Gasteiger partial charge in [0.05, 0.1) is 0 Å². The van der Waals surface area contributed by atoms with Crippen LogP contribution >= 0.6 is 0 Å². The van der Waals surface area contributed by atoms with E-state index in [4.69, 9.17) is 33.4 Å². The van der Waals surface area contributed by atoms with Crippen molar-refractivity contribution in [2.24, 2.45) is 0 Å². The minimum Gasteiger partial charge on any atom is -0.655 e. The smallest absolute Gasteiger partial charge is 0.655 e. The second-order valence-electron chi connectivity index (χ2n) is 6.13. The zero-order valence-electron chi connectivity index (χ0n) is 18.6. The number of nitrogens with zero attached hydrogens (tertiary/aromatic N) is 4. The van der Waals surface area contributed by atoms with Crippen molar-refractivity contribution >= 4 is 0 Å². The first-order valence-corrected chi connectivity index (χ1v) is 10.1. The van der Waals surface area contributed by atoms with Gasteiger partial charge in [0.1, 0.15) is 0 Å². The van der Waals surface area contributed by atoms with Crippen LogP contribution in [-0.4, -0.2) is 18.2 Å². The van der Waals surface area contributed by atoms with Crippen LogP contribution in [0.25, 0.3) is 33.8 Å². The van der Waals surface area contributed by atoms with Gasteiger partial charge in [0, 0.05) is 25.1 Å². The van der Waals surface area contributed by atoms with E-state index in [0.29, 0.717) is 0 Å². The molecule has 0 aliphatic carbocycles. The molecule has 2 heterocycles. The fourth-order valence-electron chi connectivity index (χ4n) is 2.91. The summed E-state index contributed by atoms with van der Waals surface area (Å²) in [6.07, 6.45) is 1.81. The van der Waals surface area contributed by atoms with Crippen molar-refractivity contribution in [3.05, 3.63) is 104 Å². The summed E-state index contributed by atoms with van der Waals surface area (Å²) in [4.78, 5) is 9.34. The fraction of sp³-hybridized carbons (Fsp3) is 0.148. The molecule has 0 bridgehead atoms. The van der Waals surface area contributed by atoms with Gasteiger partial charge in [0.15, 0.2) is 0 Å². The molecular formula is C27H25AuN4O. The number of benzene rings is 2. The quantitative estimate of drug-likeness (QED) is 0.195. The molecule has 0 unspecified atom stereocenters. The summed E-state index contributed by atoms with van der Waals surface area (Å²) in [5.74, 6) is 0. The number of pyridine rings is 1. The van der Waals surface area contributed by atoms with Gasteiger partial charge in [-0.25, -0.2) is 0 Å². The molecule has 0 spiro atoms. The number of aromatic nitrogens is 2. The molecule has 4 aromatic rings. The maximum Gasteiger partial charge on any atom is 3.00 e. The first-order chi connectivity index (χ1) is 15.8. The molecule has 0 radical (unpaired) electrons. The molecule has 0 aliphatic rings. The van der Waals surface area contributed by atoms with Crippen molar-refractivity contribution in [1.82, 2.24) is 9.97 Å². The van der Waals surface area contributed by atoms with Crippen LogP contribution in [0, 0.1) is 23.7 Å². The predicted octanol–water partition coefficient (Wildman–Crippen LogP) is 6.27. The van der Waals surface area contributed by atoms with E-state index in [0.717, 1.165) is 47.0 Å². The molecule has 5 nitrogen and oxygen atoms in total. The number of ether oxygens (including phenoxy) is 1. The second kappa shape index (κ2) is 18.2. The van der Waals surface area contributed by atoms with Crippen LogP contribution in [-0.2, 0) is 27.1 Å². The maximum atomic E-state index is 6.25. The van der Waals surface area contributed by atoms with Crippen molar-refractivity contribution in [3.8, 4) is 33.8 Å². The SMILES string of the molecule is CCOCC.[Au+3].[C-]#N.[C-]#N.c1ccc(-c2cc(-c3ccccc3)c(-c3ccccn3)[n-]2)cc1. The van der Waals surface area contributed by atoms with Crippen LogP contribution in [0.5, 0.6) is 0 Å². The number of hydrogen-bond donors (Lipinski definition) is 0. The van der Waals surface area contributed by atoms with Gasteiger partial charge in [-0.15, -0.1) is 11.4 Å². The summed E-state index contributed by atoms with van der Waals surface area (Å²) in [6.45, 7) is 15.2. The van der Waals surface area contributed by atoms with Gasteiger partial charge in [-0.05, 0) is 42.7 Å². The standard InChI is InChI=1S/C21H15N2.C4H10O.2CN.Au/c1-3-9-16(10-4-1)18-15-20(17-11-5-2-6-12-17)23-21(18)19-13-7-8-14-22-19;1-3-5-4-2;2*1-2;/h1-15H;3-4H2,1-2H3;;;/q-1;;2*-1;+3. The predicted molar refractivity (Wildman–Crippen MR) is 126 cm³/mol. The first-order valence-electron chi connectivity index (χ1n) is 10.1. The Morgan fingerprint density at radius 3 is 1.73 bits per heavy atom. The molecule has 0 aliphatic heterocycles. The van der Waals surface area contributed by atoms with Gasteiger partial charge in [-0.2, -0.15) is 0 Å². The van der Waals surface area contributed by atoms with Gasteiger partial charge in [-0.3, -0.25) is 4.98 Å². The summed E-state index contributed by atoms with van der Waals surface area (Å²) >= 11 is 0. The number of rotatable bonds is 5. The van der Waals surface area contributed by atoms with Crippen molar-refractivity contribution < 1.29 is 27.1 Å². The molecule has 33 heavy (non-hydrogen) atoms. The monoisotopic (exact) mass is 618 g/mol. The molecule has 0 saturated heterocycles. The average Bonchev–Trinajstić information content (AvgIpc) is 3.35. The summed E-state index contributed by atoms with van der Waals surface area (Å²) < 4.78 is 4.83. The van der Waals surface area contributed by atoms with Crippen molar-refractivity contribution in [3.63, 3.8) is 0 Å². The maximum absolute atomic E-state index is 6.25. The summed E-state index contributed by atoms with van der Waals surface area (Å²) in [7, 11) is 0. The normalized spacial score (nSPS) is 8.79. The Morgan fingerprint density at radius 1 is 0.758 bits per heavy atom. The van der Waals surface area contributed by atoms with E-state index in [2.05, 4.69) is 35.3 Å². The zero-order valence-corrected chi connectivity index (χ0v) is 20.7. The van der Waals surface area contributed by atoms with E-state index in [1.54, 1.807) is 6.20 Å². The second-order valence-corrected chi connectivity index (χ2v) is 6.13. The molecule has 0 atom stereocenters. The molecule has 0 saturated carbocycles. The summed E-state index contributed by atoms with van der Waals surface area (Å²) in [5, 5.41) is 12.5. The zero-order chi connectivity index (χ0) is 23.6. The Balaban J connectivity index is 0.000000898. The summed E-state index contributed by atoms with van der Waals surface area (Å²) in [5.41, 5.74) is 6.19. The first kappa shape index (κ1) is 29.6. The van der Waals surface area contributed by atoms with E-state index < -0.39 is 0 Å². The molecule has 0 amide bonds. The Bertz CT molecular complexity index is 981. The largest absolute Gasteiger partial charge is 3.00 e. The van der Waals surface area contributed by atoms with E-state index in [-0.39, 0.29) is 22.4 Å². The van der Waals surface area contributed by atoms with Crippen LogP contribution in [0.3, 0.4) is 0 Å². The molecule has 2 aromatic heterocycles. The Kier molecular flexibility index (Phi) is 16.3. The van der Waals surface area contributed by atoms with E-state index in [9.17, 15) is 0 Å². The average molecular weight is 618 g/mol. The minimum atomic E-state index is 0. The molecule has 2 aromatic carbocycles. The van der Waals surface area contributed by atoms with E-state index in [1.165, 1.54) is 0 Å². The number of hydrogen-bond acceptors (Lipinski definition) is 4. The molecule has 0 N–H and O–H groups in total. The van der Waals surface area contributed by atoms with Gasteiger partial charge >= 0.3 is 22.4 Å². The Morgan fingerprint density at radius 2 is 1.27 bits per heavy atom. The van der Waals surface area contributed by atoms with E-state index in [1.807, 2.05) is 68.4 Å². The van der Waals surface area contributed by atoms with Crippen molar-refractivity contribution in [2.75, 3.05) is 13.2 Å². The Labute approximate surface area is 212 Å². The summed E-state index contributed by atoms with van der Waals surface area (Å²) in [6, 6.07) is 28.7. The van der Waals surface area contributed by atoms with Crippen LogP contribution in [0.4, 0.5) is 0 Å². The topological polar surface area (TPSA) is 83.8 Å². The van der Waals surface area contributed by atoms with Gasteiger partial charge in [0.25, 0.3) is 0 Å². The van der Waals surface area contributed by atoms with Crippen molar-refractivity contribution in [1.29, 1.82) is 10.5 Å². The molecule has 6 heteroatoms. The van der Waals surface area contributed by atoms with Gasteiger partial charge < -0.3 is 33.4 Å². The van der Waals surface area contributed by atoms with Crippen LogP contribution in [0.15, 0.2) is 91.1 Å². The van der Waals surface area contributed by atoms with Gasteiger partial charge in [-0.1, -0.05) is 72.8 Å². The van der Waals surface area contributed by atoms with Crippen molar-refractivity contribution in [2.45, 2.75) is 13.8 Å². The van der Waals surface area contributed by atoms with Crippen LogP contribution in [0.2, 0.25) is 0 Å². The third-order valence-corrected chi connectivity index (χ3v) is 4.24. The third-order valence-electron chi connectivity index (χ3n) is 4.24.